The topological polar surface area (TPSA) is 142 Å². The number of nitrogens with zero attached hydrogens (tertiary/aromatic N) is 2. The van der Waals surface area contributed by atoms with Gasteiger partial charge in [-0.15, -0.1) is 0 Å². The average Bonchev–Trinajstić information content (AvgIpc) is 3.76. The third-order valence-electron chi connectivity index (χ3n) is 7.82. The van der Waals surface area contributed by atoms with Crippen LogP contribution < -0.4 is 25.4 Å². The van der Waals surface area contributed by atoms with E-state index in [0.717, 1.165) is 39.7 Å². The molecular weight excluding hydrogens is 646 g/mol. The van der Waals surface area contributed by atoms with Gasteiger partial charge in [-0.25, -0.2) is 9.78 Å². The summed E-state index contributed by atoms with van der Waals surface area (Å²) in [5.74, 6) is 2.49. The molecule has 0 saturated carbocycles. The number of imide groups is 1. The highest BCUT2D eigenvalue weighted by atomic mass is 32.2. The van der Waals surface area contributed by atoms with Gasteiger partial charge in [0.2, 0.25) is 18.1 Å². The van der Waals surface area contributed by atoms with Crippen LogP contribution in [0.2, 0.25) is 0 Å². The number of rotatable bonds is 11. The molecule has 1 fully saturated rings. The van der Waals surface area contributed by atoms with E-state index in [-0.39, 0.29) is 23.6 Å². The van der Waals surface area contributed by atoms with Crippen LogP contribution in [0.15, 0.2) is 109 Å². The minimum Gasteiger partial charge on any atom is -0.486 e. The van der Waals surface area contributed by atoms with Gasteiger partial charge in [0.15, 0.2) is 0 Å². The van der Waals surface area contributed by atoms with Crippen molar-refractivity contribution in [3.05, 3.63) is 126 Å². The van der Waals surface area contributed by atoms with Crippen molar-refractivity contribution in [3.63, 3.8) is 0 Å². The van der Waals surface area contributed by atoms with E-state index in [2.05, 4.69) is 16.0 Å². The SMILES string of the molecule is Cn1c(COc2ccc(CC3SC(=O)NC3=O)cc2)nc2ccc(Oc3cccc(NC(=O)NC4=COC(Cc5ccccc5)O4)c3)cc21. The average molecular weight is 678 g/mol. The first kappa shape index (κ1) is 31.6. The number of benzene rings is 4. The Morgan fingerprint density at radius 3 is 2.47 bits per heavy atom. The lowest BCUT2D eigenvalue weighted by Crippen LogP contribution is -2.29. The highest BCUT2D eigenvalue weighted by Gasteiger charge is 2.31. The van der Waals surface area contributed by atoms with Gasteiger partial charge >= 0.3 is 6.03 Å². The van der Waals surface area contributed by atoms with E-state index in [9.17, 15) is 14.4 Å². The lowest BCUT2D eigenvalue weighted by atomic mass is 10.1. The van der Waals surface area contributed by atoms with Gasteiger partial charge in [0, 0.05) is 31.3 Å². The first-order valence-corrected chi connectivity index (χ1v) is 16.3. The van der Waals surface area contributed by atoms with Crippen molar-refractivity contribution in [2.24, 2.45) is 7.05 Å². The molecule has 3 N–H and O–H groups in total. The summed E-state index contributed by atoms with van der Waals surface area (Å²) in [4.78, 5) is 40.6. The summed E-state index contributed by atoms with van der Waals surface area (Å²) >= 11 is 1.02. The minimum atomic E-state index is -0.513. The summed E-state index contributed by atoms with van der Waals surface area (Å²) in [5, 5.41) is 7.04. The number of hydrogen-bond donors (Lipinski definition) is 3. The van der Waals surface area contributed by atoms with Gasteiger partial charge in [0.25, 0.3) is 5.24 Å². The number of imidazole rings is 1. The number of carbonyl (C=O) groups is 3. The normalized spacial score (nSPS) is 16.8. The zero-order valence-electron chi connectivity index (χ0n) is 26.3. The second-order valence-corrected chi connectivity index (χ2v) is 12.5. The molecule has 3 heterocycles. The van der Waals surface area contributed by atoms with E-state index in [4.69, 9.17) is 23.9 Å². The molecule has 49 heavy (non-hydrogen) atoms. The fourth-order valence-corrected chi connectivity index (χ4v) is 6.22. The fourth-order valence-electron chi connectivity index (χ4n) is 5.36. The zero-order valence-corrected chi connectivity index (χ0v) is 27.1. The van der Waals surface area contributed by atoms with Crippen LogP contribution in [0.1, 0.15) is 17.0 Å². The smallest absolute Gasteiger partial charge is 0.326 e. The van der Waals surface area contributed by atoms with Crippen LogP contribution in [0.4, 0.5) is 15.3 Å². The third-order valence-corrected chi connectivity index (χ3v) is 8.80. The van der Waals surface area contributed by atoms with Gasteiger partial charge in [-0.05, 0) is 53.9 Å². The number of ether oxygens (including phenoxy) is 4. The van der Waals surface area contributed by atoms with Crippen LogP contribution in [-0.2, 0) is 40.8 Å². The number of thioether (sulfide) groups is 1. The number of aryl methyl sites for hydroxylation is 1. The summed E-state index contributed by atoms with van der Waals surface area (Å²) in [6.45, 7) is 0.244. The lowest BCUT2D eigenvalue weighted by molar-refractivity contribution is -0.118. The maximum absolute atomic E-state index is 12.6. The number of aromatic nitrogens is 2. The van der Waals surface area contributed by atoms with E-state index in [0.29, 0.717) is 35.8 Å². The van der Waals surface area contributed by atoms with Gasteiger partial charge in [-0.1, -0.05) is 60.3 Å². The third kappa shape index (κ3) is 7.79. The fraction of sp³-hybridized carbons (Fsp3) is 0.167. The molecule has 2 aliphatic heterocycles. The molecular formula is C36H31N5O7S. The number of hydrogen-bond acceptors (Lipinski definition) is 9. The number of anilines is 1. The monoisotopic (exact) mass is 677 g/mol. The highest BCUT2D eigenvalue weighted by Crippen LogP contribution is 2.29. The maximum Gasteiger partial charge on any atom is 0.326 e. The van der Waals surface area contributed by atoms with Gasteiger partial charge in [-0.3, -0.25) is 20.2 Å². The number of amides is 4. The second-order valence-electron chi connectivity index (χ2n) is 11.3. The Balaban J connectivity index is 0.920. The second kappa shape index (κ2) is 14.0. The molecule has 0 bridgehead atoms. The van der Waals surface area contributed by atoms with Crippen LogP contribution in [0.3, 0.4) is 0 Å². The summed E-state index contributed by atoms with van der Waals surface area (Å²) < 4.78 is 25.3. The molecule has 1 saturated heterocycles. The molecule has 2 atom stereocenters. The Hall–Kier alpha value is -5.95. The maximum atomic E-state index is 12.6. The first-order chi connectivity index (χ1) is 23.8. The Labute approximate surface area is 285 Å². The first-order valence-electron chi connectivity index (χ1n) is 15.5. The molecule has 1 aromatic heterocycles. The van der Waals surface area contributed by atoms with Crippen LogP contribution in [0.25, 0.3) is 11.0 Å². The summed E-state index contributed by atoms with van der Waals surface area (Å²) in [5.41, 5.74) is 4.18. The zero-order chi connectivity index (χ0) is 33.7. The predicted octanol–water partition coefficient (Wildman–Crippen LogP) is 6.37. The highest BCUT2D eigenvalue weighted by molar-refractivity contribution is 8.15. The Morgan fingerprint density at radius 1 is 0.898 bits per heavy atom. The van der Waals surface area contributed by atoms with Crippen molar-refractivity contribution >= 4 is 45.7 Å². The van der Waals surface area contributed by atoms with E-state index in [1.165, 1.54) is 6.26 Å². The van der Waals surface area contributed by atoms with E-state index < -0.39 is 17.6 Å². The molecule has 0 radical (unpaired) electrons. The molecule has 0 spiro atoms. The van der Waals surface area contributed by atoms with Gasteiger partial charge in [0.1, 0.15) is 35.9 Å². The summed E-state index contributed by atoms with van der Waals surface area (Å²) in [6, 6.07) is 29.4. The summed E-state index contributed by atoms with van der Waals surface area (Å²) in [6.07, 6.45) is 1.89. The van der Waals surface area contributed by atoms with Gasteiger partial charge in [0.05, 0.1) is 16.3 Å². The van der Waals surface area contributed by atoms with Crippen molar-refractivity contribution in [3.8, 4) is 17.2 Å². The molecule has 7 rings (SSSR count). The molecule has 2 aliphatic rings. The van der Waals surface area contributed by atoms with Crippen molar-refractivity contribution < 1.29 is 33.3 Å². The molecule has 5 aromatic rings. The van der Waals surface area contributed by atoms with Crippen LogP contribution >= 0.6 is 11.8 Å². The molecule has 248 valence electrons. The van der Waals surface area contributed by atoms with Crippen LogP contribution in [-0.4, -0.2) is 38.3 Å². The standard InChI is InChI=1S/C36H31N5O7S/c1-41-29-19-27(14-15-28(29)38-31(41)20-45-25-12-10-23(11-13-25)16-30-34(42)40-36(44)49-30)47-26-9-5-8-24(18-26)37-35(43)39-32-21-46-33(48-32)17-22-6-3-2-4-7-22/h2-15,18-19,21,30,33H,16-17,20H2,1H3,(H2,37,39,43)(H,40,42,44). The molecule has 12 nitrogen and oxygen atoms in total. The van der Waals surface area contributed by atoms with E-state index >= 15 is 0 Å². The van der Waals surface area contributed by atoms with E-state index in [1.807, 2.05) is 84.4 Å². The summed E-state index contributed by atoms with van der Waals surface area (Å²) in [7, 11) is 1.91. The van der Waals surface area contributed by atoms with Gasteiger partial charge in [-0.2, -0.15) is 0 Å². The quantitative estimate of drug-likeness (QED) is 0.145. The van der Waals surface area contributed by atoms with Crippen molar-refractivity contribution in [1.82, 2.24) is 20.2 Å². The van der Waals surface area contributed by atoms with Crippen LogP contribution in [0.5, 0.6) is 17.2 Å². The molecule has 13 heteroatoms. The molecule has 0 aliphatic carbocycles. The van der Waals surface area contributed by atoms with Crippen molar-refractivity contribution in [2.75, 3.05) is 5.32 Å². The van der Waals surface area contributed by atoms with E-state index in [1.54, 1.807) is 24.3 Å². The minimum absolute atomic E-state index is 0.225. The van der Waals surface area contributed by atoms with Crippen LogP contribution in [0, 0.1) is 0 Å². The van der Waals surface area contributed by atoms with Gasteiger partial charge < -0.3 is 28.8 Å². The number of urea groups is 1. The number of carbonyl (C=O) groups excluding carboxylic acids is 3. The number of nitrogens with one attached hydrogen (secondary N) is 3. The largest absolute Gasteiger partial charge is 0.486 e. The lowest BCUT2D eigenvalue weighted by Gasteiger charge is -2.13. The molecule has 4 amide bonds. The molecule has 4 aromatic carbocycles. The Bertz CT molecular complexity index is 2050. The van der Waals surface area contributed by atoms with Crippen molar-refractivity contribution in [1.29, 1.82) is 0 Å². The Morgan fingerprint density at radius 2 is 1.67 bits per heavy atom. The Kier molecular flexibility index (Phi) is 9.06. The number of fused-ring (bicyclic) bond motifs is 1. The predicted molar refractivity (Wildman–Crippen MR) is 183 cm³/mol. The molecule has 2 unspecified atom stereocenters. The van der Waals surface area contributed by atoms with Crippen molar-refractivity contribution in [2.45, 2.75) is 31.0 Å².